The van der Waals surface area contributed by atoms with Crippen LogP contribution in [0.5, 0.6) is 0 Å². The summed E-state index contributed by atoms with van der Waals surface area (Å²) in [5.41, 5.74) is 4.50. The number of nitrogens with zero attached hydrogens (tertiary/aromatic N) is 3. The number of benzene rings is 1. The molecule has 3 heterocycles. The first-order valence-electron chi connectivity index (χ1n) is 11.9. The van der Waals surface area contributed by atoms with Gasteiger partial charge in [0.15, 0.2) is 0 Å². The third-order valence-corrected chi connectivity index (χ3v) is 7.33. The third-order valence-electron chi connectivity index (χ3n) is 7.33. The topological polar surface area (TPSA) is 61.5 Å². The zero-order valence-electron chi connectivity index (χ0n) is 18.6. The van der Waals surface area contributed by atoms with E-state index in [9.17, 15) is 4.79 Å². The summed E-state index contributed by atoms with van der Waals surface area (Å²) in [6.07, 6.45) is 6.98. The lowest BCUT2D eigenvalue weighted by Gasteiger charge is -2.38. The molecule has 0 saturated carbocycles. The number of ether oxygens (including phenoxy) is 1. The molecule has 1 aromatic heterocycles. The number of hydrogen-bond donors (Lipinski definition) is 1. The first-order chi connectivity index (χ1) is 15.2. The first-order valence-corrected chi connectivity index (χ1v) is 11.9. The average Bonchev–Trinajstić information content (AvgIpc) is 3.54. The van der Waals surface area contributed by atoms with Gasteiger partial charge in [-0.15, -0.1) is 0 Å². The second-order valence-corrected chi connectivity index (χ2v) is 9.59. The highest BCUT2D eigenvalue weighted by molar-refractivity contribution is 5.92. The van der Waals surface area contributed by atoms with Gasteiger partial charge in [0, 0.05) is 31.4 Å². The van der Waals surface area contributed by atoms with Crippen molar-refractivity contribution in [3.05, 3.63) is 52.8 Å². The number of fused-ring (bicyclic) bond motifs is 1. The number of carbonyl (C=O) groups is 1. The molecule has 3 aliphatic rings. The molecule has 1 amide bonds. The highest BCUT2D eigenvalue weighted by Gasteiger charge is 2.32. The maximum atomic E-state index is 13.2. The van der Waals surface area contributed by atoms with Crippen molar-refractivity contribution in [3.63, 3.8) is 0 Å². The molecule has 2 aliphatic heterocycles. The number of piperidine rings is 1. The molecule has 0 spiro atoms. The Morgan fingerprint density at radius 1 is 1.16 bits per heavy atom. The predicted molar refractivity (Wildman–Crippen MR) is 120 cm³/mol. The number of likely N-dealkylation sites (tertiary alicyclic amines) is 1. The Bertz CT molecular complexity index is 871. The highest BCUT2D eigenvalue weighted by atomic mass is 16.5. The van der Waals surface area contributed by atoms with E-state index in [4.69, 9.17) is 4.74 Å². The van der Waals surface area contributed by atoms with Gasteiger partial charge in [-0.3, -0.25) is 14.8 Å². The van der Waals surface area contributed by atoms with Gasteiger partial charge in [-0.05, 0) is 81.6 Å². The Labute approximate surface area is 185 Å². The maximum absolute atomic E-state index is 13.2. The van der Waals surface area contributed by atoms with E-state index in [-0.39, 0.29) is 12.0 Å². The molecule has 6 heteroatoms. The fourth-order valence-electron chi connectivity index (χ4n) is 5.57. The first kappa shape index (κ1) is 20.7. The van der Waals surface area contributed by atoms with Crippen molar-refractivity contribution >= 4 is 5.91 Å². The van der Waals surface area contributed by atoms with E-state index in [2.05, 4.69) is 39.4 Å². The Morgan fingerprint density at radius 2 is 1.90 bits per heavy atom. The van der Waals surface area contributed by atoms with Crippen molar-refractivity contribution < 1.29 is 9.53 Å². The molecule has 2 aromatic rings. The summed E-state index contributed by atoms with van der Waals surface area (Å²) in [4.78, 5) is 17.9. The fraction of sp³-hybridized carbons (Fsp3) is 0.600. The van der Waals surface area contributed by atoms with Crippen molar-refractivity contribution in [3.8, 4) is 0 Å². The van der Waals surface area contributed by atoms with E-state index in [1.54, 1.807) is 0 Å². The summed E-state index contributed by atoms with van der Waals surface area (Å²) in [6.45, 7) is 6.51. The molecule has 0 unspecified atom stereocenters. The van der Waals surface area contributed by atoms with Gasteiger partial charge < -0.3 is 9.64 Å². The van der Waals surface area contributed by atoms with E-state index in [1.165, 1.54) is 24.0 Å². The van der Waals surface area contributed by atoms with Gasteiger partial charge in [0.05, 0.1) is 6.10 Å². The van der Waals surface area contributed by atoms with Crippen molar-refractivity contribution in [2.75, 3.05) is 32.8 Å². The van der Waals surface area contributed by atoms with Gasteiger partial charge in [-0.2, -0.15) is 5.10 Å². The van der Waals surface area contributed by atoms with E-state index < -0.39 is 0 Å². The molecular formula is C25H34N4O2. The number of rotatable bonds is 6. The molecule has 2 fully saturated rings. The van der Waals surface area contributed by atoms with Crippen LogP contribution >= 0.6 is 0 Å². The van der Waals surface area contributed by atoms with Crippen molar-refractivity contribution in [1.29, 1.82) is 0 Å². The van der Waals surface area contributed by atoms with Crippen LogP contribution in [0.4, 0.5) is 0 Å². The number of carbonyl (C=O) groups excluding carboxylic acids is 1. The standard InChI is InChI=1S/C25H34N4O2/c1-18-13-24(27-26-18)25(30)29(17-23-7-4-12-31-23)16-19-8-10-28(11-9-19)22-14-20-5-2-3-6-21(20)15-22/h2-3,5-6,13,19,22-23H,4,7-12,14-17H2,1H3,(H,26,27)/t23-/m0/s1. The van der Waals surface area contributed by atoms with E-state index in [1.807, 2.05) is 17.9 Å². The predicted octanol–water partition coefficient (Wildman–Crippen LogP) is 3.22. The number of aryl methyl sites for hydroxylation is 1. The highest BCUT2D eigenvalue weighted by Crippen LogP contribution is 2.29. The molecule has 1 aliphatic carbocycles. The number of aromatic amines is 1. The lowest BCUT2D eigenvalue weighted by atomic mass is 9.94. The number of nitrogens with one attached hydrogen (secondary N) is 1. The van der Waals surface area contributed by atoms with Crippen LogP contribution in [-0.4, -0.2) is 70.8 Å². The van der Waals surface area contributed by atoms with Crippen molar-refractivity contribution in [2.45, 2.75) is 57.6 Å². The van der Waals surface area contributed by atoms with E-state index >= 15 is 0 Å². The summed E-state index contributed by atoms with van der Waals surface area (Å²) >= 11 is 0. The van der Waals surface area contributed by atoms with E-state index in [0.717, 1.165) is 57.6 Å². The molecule has 1 atom stereocenters. The SMILES string of the molecule is Cc1cc(C(=O)N(CC2CCN(C3Cc4ccccc4C3)CC2)C[C@@H]2CCCO2)n[nH]1. The minimum Gasteiger partial charge on any atom is -0.376 e. The second kappa shape index (κ2) is 9.13. The Kier molecular flexibility index (Phi) is 6.10. The van der Waals surface area contributed by atoms with Crippen LogP contribution < -0.4 is 0 Å². The molecule has 31 heavy (non-hydrogen) atoms. The smallest absolute Gasteiger partial charge is 0.274 e. The molecule has 0 bridgehead atoms. The van der Waals surface area contributed by atoms with Gasteiger partial charge in [-0.25, -0.2) is 0 Å². The molecule has 1 aromatic carbocycles. The monoisotopic (exact) mass is 422 g/mol. The lowest BCUT2D eigenvalue weighted by Crippen LogP contribution is -2.46. The average molecular weight is 423 g/mol. The van der Waals surface area contributed by atoms with Crippen molar-refractivity contribution in [2.24, 2.45) is 5.92 Å². The summed E-state index contributed by atoms with van der Waals surface area (Å²) in [6, 6.07) is 11.4. The Hall–Kier alpha value is -2.18. The van der Waals surface area contributed by atoms with Crippen LogP contribution in [0.2, 0.25) is 0 Å². The zero-order valence-corrected chi connectivity index (χ0v) is 18.6. The number of hydrogen-bond acceptors (Lipinski definition) is 4. The van der Waals surface area contributed by atoms with Crippen LogP contribution in [0.25, 0.3) is 0 Å². The quantitative estimate of drug-likeness (QED) is 0.777. The van der Waals surface area contributed by atoms with Crippen LogP contribution in [0.3, 0.4) is 0 Å². The van der Waals surface area contributed by atoms with Gasteiger partial charge in [0.2, 0.25) is 0 Å². The lowest BCUT2D eigenvalue weighted by molar-refractivity contribution is 0.0426. The summed E-state index contributed by atoms with van der Waals surface area (Å²) in [5, 5.41) is 7.13. The maximum Gasteiger partial charge on any atom is 0.274 e. The van der Waals surface area contributed by atoms with Crippen LogP contribution in [0, 0.1) is 12.8 Å². The largest absolute Gasteiger partial charge is 0.376 e. The van der Waals surface area contributed by atoms with Gasteiger partial charge >= 0.3 is 0 Å². The van der Waals surface area contributed by atoms with E-state index in [0.29, 0.717) is 24.2 Å². The van der Waals surface area contributed by atoms with Gasteiger partial charge in [-0.1, -0.05) is 24.3 Å². The minimum atomic E-state index is 0.0357. The molecule has 6 nitrogen and oxygen atoms in total. The fourth-order valence-corrected chi connectivity index (χ4v) is 5.57. The summed E-state index contributed by atoms with van der Waals surface area (Å²) < 4.78 is 5.85. The van der Waals surface area contributed by atoms with Crippen LogP contribution in [0.1, 0.15) is 53.0 Å². The number of H-pyrrole nitrogens is 1. The van der Waals surface area contributed by atoms with Crippen molar-refractivity contribution in [1.82, 2.24) is 20.0 Å². The van der Waals surface area contributed by atoms with Crippen LogP contribution in [0.15, 0.2) is 30.3 Å². The second-order valence-electron chi connectivity index (χ2n) is 9.59. The Morgan fingerprint density at radius 3 is 2.52 bits per heavy atom. The molecule has 5 rings (SSSR count). The Balaban J connectivity index is 1.18. The third kappa shape index (κ3) is 4.70. The molecule has 2 saturated heterocycles. The molecule has 1 N–H and O–H groups in total. The number of aromatic nitrogens is 2. The summed E-state index contributed by atoms with van der Waals surface area (Å²) in [5.74, 6) is 0.582. The summed E-state index contributed by atoms with van der Waals surface area (Å²) in [7, 11) is 0. The molecule has 166 valence electrons. The molecular weight excluding hydrogens is 388 g/mol. The zero-order chi connectivity index (χ0) is 21.2. The van der Waals surface area contributed by atoms with Gasteiger partial charge in [0.25, 0.3) is 5.91 Å². The number of amides is 1. The normalized spacial score (nSPS) is 22.7. The van der Waals surface area contributed by atoms with Crippen LogP contribution in [-0.2, 0) is 17.6 Å². The minimum absolute atomic E-state index is 0.0357. The molecule has 0 radical (unpaired) electrons. The van der Waals surface area contributed by atoms with Gasteiger partial charge in [0.1, 0.15) is 5.69 Å².